The summed E-state index contributed by atoms with van der Waals surface area (Å²) in [6.45, 7) is 0.0801. The molecule has 0 radical (unpaired) electrons. The molecule has 0 unspecified atom stereocenters. The molecule has 0 heterocycles. The monoisotopic (exact) mass is 298 g/mol. The Morgan fingerprint density at radius 1 is 0.783 bits per heavy atom. The molecule has 0 amide bonds. The van der Waals surface area contributed by atoms with Crippen LogP contribution in [0, 0.1) is 0 Å². The van der Waals surface area contributed by atoms with Crippen molar-refractivity contribution in [2.24, 2.45) is 0 Å². The van der Waals surface area contributed by atoms with Crippen molar-refractivity contribution < 1.29 is 5.11 Å². The minimum Gasteiger partial charge on any atom is -0.392 e. The van der Waals surface area contributed by atoms with E-state index in [0.717, 1.165) is 5.56 Å². The zero-order chi connectivity index (χ0) is 15.6. The Balaban J connectivity index is 1.98. The number of aliphatic hydroxyl groups is 1. The summed E-state index contributed by atoms with van der Waals surface area (Å²) in [5.41, 5.74) is 4.75. The van der Waals surface area contributed by atoms with Crippen LogP contribution in [0.3, 0.4) is 0 Å². The number of fused-ring (bicyclic) bond motifs is 1. The second-order valence-corrected chi connectivity index (χ2v) is 5.90. The van der Waals surface area contributed by atoms with Gasteiger partial charge in [-0.25, -0.2) is 0 Å². The normalized spacial score (nSPS) is 14.0. The third-order valence-corrected chi connectivity index (χ3v) is 4.49. The number of benzene rings is 3. The Kier molecular flexibility index (Phi) is 3.57. The summed E-state index contributed by atoms with van der Waals surface area (Å²) >= 11 is 0. The van der Waals surface area contributed by atoms with Crippen LogP contribution in [0.5, 0.6) is 0 Å². The fourth-order valence-electron chi connectivity index (χ4n) is 3.30. The van der Waals surface area contributed by atoms with E-state index in [9.17, 15) is 5.11 Å². The average molecular weight is 298 g/mol. The summed E-state index contributed by atoms with van der Waals surface area (Å²) in [5.74, 6) is 0.326. The molecule has 0 bridgehead atoms. The van der Waals surface area contributed by atoms with Gasteiger partial charge >= 0.3 is 0 Å². The highest BCUT2D eigenvalue weighted by Gasteiger charge is 2.16. The van der Waals surface area contributed by atoms with Crippen LogP contribution in [0.15, 0.2) is 85.0 Å². The molecule has 1 heteroatoms. The smallest absolute Gasteiger partial charge is 0.0681 e. The molecule has 0 aromatic heterocycles. The molecule has 3 aromatic carbocycles. The minimum absolute atomic E-state index is 0.0801. The first-order chi connectivity index (χ1) is 11.4. The molecule has 0 saturated carbocycles. The number of rotatable bonds is 3. The van der Waals surface area contributed by atoms with E-state index >= 15 is 0 Å². The standard InChI is InChI=1S/C22H18O/c23-15-16-9-11-19(12-10-16)22-20-8-4-3-7-18(20)13-14-21(22)17-5-1-2-6-17/h1-14,17,23H,15H2. The van der Waals surface area contributed by atoms with Gasteiger partial charge in [-0.05, 0) is 33.0 Å². The highest BCUT2D eigenvalue weighted by molar-refractivity contribution is 5.98. The Hall–Kier alpha value is -2.64. The molecule has 4 rings (SSSR count). The molecule has 0 aliphatic heterocycles. The van der Waals surface area contributed by atoms with Crippen LogP contribution in [0.1, 0.15) is 17.0 Å². The van der Waals surface area contributed by atoms with Gasteiger partial charge in [0.15, 0.2) is 0 Å². The molecular weight excluding hydrogens is 280 g/mol. The quantitative estimate of drug-likeness (QED) is 0.704. The van der Waals surface area contributed by atoms with Crippen molar-refractivity contribution in [1.82, 2.24) is 0 Å². The fourth-order valence-corrected chi connectivity index (χ4v) is 3.30. The maximum absolute atomic E-state index is 9.28. The molecular formula is C22H18O. The zero-order valence-electron chi connectivity index (χ0n) is 12.8. The summed E-state index contributed by atoms with van der Waals surface area (Å²) in [6, 6.07) is 21.2. The molecule has 1 aliphatic carbocycles. The molecule has 0 fully saturated rings. The maximum atomic E-state index is 9.28. The average Bonchev–Trinajstić information content (AvgIpc) is 3.15. The maximum Gasteiger partial charge on any atom is 0.0681 e. The van der Waals surface area contributed by atoms with Gasteiger partial charge in [0.25, 0.3) is 0 Å². The lowest BCUT2D eigenvalue weighted by atomic mass is 9.87. The van der Waals surface area contributed by atoms with E-state index in [1.54, 1.807) is 0 Å². The Morgan fingerprint density at radius 3 is 2.26 bits per heavy atom. The first-order valence-corrected chi connectivity index (χ1v) is 7.93. The number of allylic oxidation sites excluding steroid dienone is 4. The third-order valence-electron chi connectivity index (χ3n) is 4.49. The van der Waals surface area contributed by atoms with Gasteiger partial charge in [-0.2, -0.15) is 0 Å². The Labute approximate surface area is 136 Å². The summed E-state index contributed by atoms with van der Waals surface area (Å²) in [6.07, 6.45) is 8.68. The van der Waals surface area contributed by atoms with Crippen LogP contribution in [-0.2, 0) is 6.61 Å². The summed E-state index contributed by atoms with van der Waals surface area (Å²) < 4.78 is 0. The van der Waals surface area contributed by atoms with Gasteiger partial charge in [0.05, 0.1) is 6.61 Å². The lowest BCUT2D eigenvalue weighted by Gasteiger charge is -2.17. The van der Waals surface area contributed by atoms with Crippen LogP contribution >= 0.6 is 0 Å². The second-order valence-electron chi connectivity index (χ2n) is 5.90. The van der Waals surface area contributed by atoms with E-state index in [-0.39, 0.29) is 6.61 Å². The SMILES string of the molecule is OCc1ccc(-c2c(C3C=CC=C3)ccc3ccccc23)cc1. The molecule has 0 saturated heterocycles. The second kappa shape index (κ2) is 5.86. The van der Waals surface area contributed by atoms with Gasteiger partial charge in [0.1, 0.15) is 0 Å². The van der Waals surface area contributed by atoms with Gasteiger partial charge in [0, 0.05) is 5.92 Å². The minimum atomic E-state index is 0.0801. The predicted octanol–water partition coefficient (Wildman–Crippen LogP) is 5.21. The van der Waals surface area contributed by atoms with Crippen LogP contribution in [0.25, 0.3) is 21.9 Å². The van der Waals surface area contributed by atoms with Crippen LogP contribution < -0.4 is 0 Å². The number of hydrogen-bond acceptors (Lipinski definition) is 1. The van der Waals surface area contributed by atoms with Crippen molar-refractivity contribution >= 4 is 10.8 Å². The van der Waals surface area contributed by atoms with E-state index in [4.69, 9.17) is 0 Å². The van der Waals surface area contributed by atoms with E-state index in [2.05, 4.69) is 72.8 Å². The Bertz CT molecular complexity index is 889. The molecule has 1 N–H and O–H groups in total. The van der Waals surface area contributed by atoms with E-state index < -0.39 is 0 Å². The van der Waals surface area contributed by atoms with Crippen molar-refractivity contribution in [1.29, 1.82) is 0 Å². The van der Waals surface area contributed by atoms with Gasteiger partial charge in [0.2, 0.25) is 0 Å². The predicted molar refractivity (Wildman–Crippen MR) is 96.3 cm³/mol. The molecule has 112 valence electrons. The summed E-state index contributed by atoms with van der Waals surface area (Å²) in [5, 5.41) is 11.8. The molecule has 0 atom stereocenters. The van der Waals surface area contributed by atoms with Crippen molar-refractivity contribution in [3.8, 4) is 11.1 Å². The molecule has 3 aromatic rings. The van der Waals surface area contributed by atoms with E-state index in [1.807, 2.05) is 12.1 Å². The Morgan fingerprint density at radius 2 is 1.52 bits per heavy atom. The third kappa shape index (κ3) is 2.49. The number of aliphatic hydroxyl groups excluding tert-OH is 1. The molecule has 1 aliphatic rings. The first kappa shape index (κ1) is 14.0. The van der Waals surface area contributed by atoms with Crippen LogP contribution in [0.4, 0.5) is 0 Å². The van der Waals surface area contributed by atoms with Crippen LogP contribution in [-0.4, -0.2) is 5.11 Å². The van der Waals surface area contributed by atoms with Gasteiger partial charge < -0.3 is 5.11 Å². The highest BCUT2D eigenvalue weighted by Crippen LogP contribution is 2.38. The van der Waals surface area contributed by atoms with Crippen molar-refractivity contribution in [2.45, 2.75) is 12.5 Å². The van der Waals surface area contributed by atoms with E-state index in [0.29, 0.717) is 5.92 Å². The van der Waals surface area contributed by atoms with Gasteiger partial charge in [-0.15, -0.1) is 0 Å². The van der Waals surface area contributed by atoms with Crippen molar-refractivity contribution in [3.63, 3.8) is 0 Å². The zero-order valence-corrected chi connectivity index (χ0v) is 12.8. The van der Waals surface area contributed by atoms with Gasteiger partial charge in [-0.1, -0.05) is 85.0 Å². The summed E-state index contributed by atoms with van der Waals surface area (Å²) in [7, 11) is 0. The van der Waals surface area contributed by atoms with Crippen molar-refractivity contribution in [3.05, 3.63) is 96.1 Å². The topological polar surface area (TPSA) is 20.2 Å². The van der Waals surface area contributed by atoms with E-state index in [1.165, 1.54) is 27.5 Å². The largest absolute Gasteiger partial charge is 0.392 e. The van der Waals surface area contributed by atoms with Crippen molar-refractivity contribution in [2.75, 3.05) is 0 Å². The molecule has 23 heavy (non-hydrogen) atoms. The summed E-state index contributed by atoms with van der Waals surface area (Å²) in [4.78, 5) is 0. The number of hydrogen-bond donors (Lipinski definition) is 1. The lowest BCUT2D eigenvalue weighted by molar-refractivity contribution is 0.282. The fraction of sp³-hybridized carbons (Fsp3) is 0.0909. The molecule has 1 nitrogen and oxygen atoms in total. The highest BCUT2D eigenvalue weighted by atomic mass is 16.3. The lowest BCUT2D eigenvalue weighted by Crippen LogP contribution is -1.95. The molecule has 0 spiro atoms. The first-order valence-electron chi connectivity index (χ1n) is 7.93. The van der Waals surface area contributed by atoms with Crippen LogP contribution in [0.2, 0.25) is 0 Å². The van der Waals surface area contributed by atoms with Gasteiger partial charge in [-0.3, -0.25) is 0 Å².